The molecule has 4 rings (SSSR count). The number of amides is 1. The van der Waals surface area contributed by atoms with Gasteiger partial charge in [-0.05, 0) is 54.1 Å². The summed E-state index contributed by atoms with van der Waals surface area (Å²) in [7, 11) is 0. The van der Waals surface area contributed by atoms with E-state index in [1.54, 1.807) is 41.3 Å². The molecule has 0 unspecified atom stereocenters. The van der Waals surface area contributed by atoms with Crippen molar-refractivity contribution in [2.75, 3.05) is 16.5 Å². The maximum atomic E-state index is 13.2. The van der Waals surface area contributed by atoms with Crippen LogP contribution < -0.4 is 9.80 Å². The van der Waals surface area contributed by atoms with Crippen LogP contribution >= 0.6 is 0 Å². The van der Waals surface area contributed by atoms with Crippen molar-refractivity contribution >= 4 is 17.3 Å². The highest BCUT2D eigenvalue weighted by atomic mass is 16.3. The summed E-state index contributed by atoms with van der Waals surface area (Å²) in [5.74, 6) is 0.286. The van der Waals surface area contributed by atoms with E-state index >= 15 is 0 Å². The van der Waals surface area contributed by atoms with Crippen LogP contribution in [0, 0.1) is 0 Å². The smallest absolute Gasteiger partial charge is 0.257 e. The fourth-order valence-corrected chi connectivity index (χ4v) is 3.24. The molecule has 0 saturated carbocycles. The minimum atomic E-state index is -0.0652. The first-order valence-corrected chi connectivity index (χ1v) is 9.01. The van der Waals surface area contributed by atoms with Crippen molar-refractivity contribution in [3.63, 3.8) is 0 Å². The van der Waals surface area contributed by atoms with Crippen LogP contribution in [0.1, 0.15) is 5.56 Å². The van der Waals surface area contributed by atoms with Crippen molar-refractivity contribution in [3.05, 3.63) is 96.2 Å². The van der Waals surface area contributed by atoms with Crippen LogP contribution in [0.15, 0.2) is 90.6 Å². The maximum Gasteiger partial charge on any atom is 0.257 e. The number of rotatable bonds is 4. The minimum absolute atomic E-state index is 0.0652. The maximum absolute atomic E-state index is 13.2. The van der Waals surface area contributed by atoms with Crippen molar-refractivity contribution in [2.45, 2.75) is 6.42 Å². The van der Waals surface area contributed by atoms with Gasteiger partial charge in [-0.1, -0.05) is 30.3 Å². The molecule has 1 aliphatic heterocycles. The number of phenolic OH excluding ortho intramolecular Hbond substituents is 2. The van der Waals surface area contributed by atoms with Gasteiger partial charge < -0.3 is 15.1 Å². The predicted octanol–water partition coefficient (Wildman–Crippen LogP) is 4.04. The number of hydrogen-bond acceptors (Lipinski definition) is 4. The zero-order valence-corrected chi connectivity index (χ0v) is 15.2. The summed E-state index contributed by atoms with van der Waals surface area (Å²) in [6.07, 6.45) is 2.39. The van der Waals surface area contributed by atoms with Crippen LogP contribution in [-0.4, -0.2) is 22.8 Å². The summed E-state index contributed by atoms with van der Waals surface area (Å²) in [4.78, 5) is 16.8. The third-order valence-electron chi connectivity index (χ3n) is 4.71. The number of carbonyl (C=O) groups excluding carboxylic acids is 1. The summed E-state index contributed by atoms with van der Waals surface area (Å²) < 4.78 is 0. The lowest BCUT2D eigenvalue weighted by Gasteiger charge is -2.35. The van der Waals surface area contributed by atoms with Gasteiger partial charge in [0, 0.05) is 29.6 Å². The first kappa shape index (κ1) is 17.7. The Morgan fingerprint density at radius 1 is 0.750 bits per heavy atom. The molecule has 1 amide bonds. The quantitative estimate of drug-likeness (QED) is 0.726. The number of phenols is 2. The summed E-state index contributed by atoms with van der Waals surface area (Å²) in [6.45, 7) is 0.340. The van der Waals surface area contributed by atoms with E-state index in [0.29, 0.717) is 24.4 Å². The second-order valence-electron chi connectivity index (χ2n) is 6.69. The number of nitrogens with zero attached hydrogens (tertiary/aromatic N) is 2. The molecule has 1 heterocycles. The van der Waals surface area contributed by atoms with Gasteiger partial charge in [0.25, 0.3) is 5.91 Å². The molecule has 2 N–H and O–H groups in total. The molecule has 3 aromatic rings. The van der Waals surface area contributed by atoms with E-state index in [1.165, 1.54) is 0 Å². The van der Waals surface area contributed by atoms with E-state index in [2.05, 4.69) is 0 Å². The zero-order chi connectivity index (χ0) is 19.5. The van der Waals surface area contributed by atoms with Crippen molar-refractivity contribution in [1.82, 2.24) is 0 Å². The fraction of sp³-hybridized carbons (Fsp3) is 0.0870. The van der Waals surface area contributed by atoms with Crippen LogP contribution in [0.2, 0.25) is 0 Å². The minimum Gasteiger partial charge on any atom is -0.508 e. The molecule has 140 valence electrons. The third kappa shape index (κ3) is 3.69. The summed E-state index contributed by atoms with van der Waals surface area (Å²) in [5, 5.41) is 19.2. The third-order valence-corrected chi connectivity index (χ3v) is 4.71. The van der Waals surface area contributed by atoms with Gasteiger partial charge in [0.05, 0.1) is 0 Å². The average molecular weight is 372 g/mol. The number of carbonyl (C=O) groups is 1. The van der Waals surface area contributed by atoms with Gasteiger partial charge in [-0.2, -0.15) is 0 Å². The van der Waals surface area contributed by atoms with E-state index in [4.69, 9.17) is 0 Å². The Hall–Kier alpha value is -3.73. The molecular weight excluding hydrogens is 352 g/mol. The van der Waals surface area contributed by atoms with Gasteiger partial charge in [0.1, 0.15) is 18.2 Å². The average Bonchev–Trinajstić information content (AvgIpc) is 2.72. The Morgan fingerprint density at radius 3 is 1.93 bits per heavy atom. The standard InChI is InChI=1S/C23H20N2O3/c26-21-10-6-19(7-11-21)24-15-18(14-17-4-2-1-3-5-17)23(28)25(16-24)20-8-12-22(27)13-9-20/h1-13,15,26-27H,14,16H2. The molecule has 1 aliphatic rings. The molecule has 0 bridgehead atoms. The Kier molecular flexibility index (Phi) is 4.72. The first-order chi connectivity index (χ1) is 13.6. The van der Waals surface area contributed by atoms with Crippen LogP contribution in [-0.2, 0) is 11.2 Å². The molecule has 0 radical (unpaired) electrons. The number of hydrogen-bond donors (Lipinski definition) is 2. The Labute approximate surface area is 163 Å². The van der Waals surface area contributed by atoms with Gasteiger partial charge in [0.15, 0.2) is 0 Å². The molecule has 0 spiro atoms. The summed E-state index contributed by atoms with van der Waals surface area (Å²) >= 11 is 0. The lowest BCUT2D eigenvalue weighted by Crippen LogP contribution is -2.45. The van der Waals surface area contributed by atoms with Gasteiger partial charge in [-0.15, -0.1) is 0 Å². The highest BCUT2D eigenvalue weighted by Gasteiger charge is 2.27. The molecule has 5 nitrogen and oxygen atoms in total. The second kappa shape index (κ2) is 7.48. The van der Waals surface area contributed by atoms with Crippen molar-refractivity contribution in [3.8, 4) is 11.5 Å². The summed E-state index contributed by atoms with van der Waals surface area (Å²) in [5.41, 5.74) is 3.31. The summed E-state index contributed by atoms with van der Waals surface area (Å²) in [6, 6.07) is 23.4. The highest BCUT2D eigenvalue weighted by Crippen LogP contribution is 2.28. The molecule has 0 fully saturated rings. The van der Waals surface area contributed by atoms with E-state index in [9.17, 15) is 15.0 Å². The van der Waals surface area contributed by atoms with E-state index in [-0.39, 0.29) is 17.4 Å². The van der Waals surface area contributed by atoms with Gasteiger partial charge in [0.2, 0.25) is 0 Å². The molecular formula is C23H20N2O3. The van der Waals surface area contributed by atoms with Gasteiger partial charge >= 0.3 is 0 Å². The monoisotopic (exact) mass is 372 g/mol. The molecule has 0 aromatic heterocycles. The molecule has 0 saturated heterocycles. The highest BCUT2D eigenvalue weighted by molar-refractivity contribution is 6.07. The van der Waals surface area contributed by atoms with Crippen LogP contribution in [0.25, 0.3) is 0 Å². The van der Waals surface area contributed by atoms with Gasteiger partial charge in [-0.3, -0.25) is 9.69 Å². The molecule has 28 heavy (non-hydrogen) atoms. The van der Waals surface area contributed by atoms with Crippen molar-refractivity contribution in [1.29, 1.82) is 0 Å². The lowest BCUT2D eigenvalue weighted by molar-refractivity contribution is -0.115. The number of anilines is 2. The van der Waals surface area contributed by atoms with Crippen LogP contribution in [0.5, 0.6) is 11.5 Å². The lowest BCUT2D eigenvalue weighted by atomic mass is 10.0. The van der Waals surface area contributed by atoms with Crippen molar-refractivity contribution in [2.24, 2.45) is 0 Å². The van der Waals surface area contributed by atoms with E-state index < -0.39 is 0 Å². The molecule has 3 aromatic carbocycles. The van der Waals surface area contributed by atoms with Crippen molar-refractivity contribution < 1.29 is 15.0 Å². The first-order valence-electron chi connectivity index (χ1n) is 9.01. The van der Waals surface area contributed by atoms with E-state index in [1.807, 2.05) is 53.6 Å². The molecule has 5 heteroatoms. The molecule has 0 aliphatic carbocycles. The predicted molar refractivity (Wildman–Crippen MR) is 109 cm³/mol. The van der Waals surface area contributed by atoms with E-state index in [0.717, 1.165) is 11.3 Å². The zero-order valence-electron chi connectivity index (χ0n) is 15.2. The Morgan fingerprint density at radius 2 is 1.32 bits per heavy atom. The van der Waals surface area contributed by atoms with Gasteiger partial charge in [-0.25, -0.2) is 0 Å². The topological polar surface area (TPSA) is 64.0 Å². The largest absolute Gasteiger partial charge is 0.508 e. The Balaban J connectivity index is 1.71. The normalized spacial score (nSPS) is 14.1. The molecule has 0 atom stereocenters. The van der Waals surface area contributed by atoms with Crippen LogP contribution in [0.4, 0.5) is 11.4 Å². The Bertz CT molecular complexity index is 996. The SMILES string of the molecule is O=C1C(Cc2ccccc2)=CN(c2ccc(O)cc2)CN1c1ccc(O)cc1. The number of benzene rings is 3. The fourth-order valence-electron chi connectivity index (χ4n) is 3.24. The second-order valence-corrected chi connectivity index (χ2v) is 6.69. The number of aromatic hydroxyl groups is 2. The van der Waals surface area contributed by atoms with Crippen LogP contribution in [0.3, 0.4) is 0 Å².